The lowest BCUT2D eigenvalue weighted by Gasteiger charge is -2.14. The molecular formula is C14H26N4OS. The first-order valence-corrected chi connectivity index (χ1v) is 7.87. The van der Waals surface area contributed by atoms with Gasteiger partial charge in [-0.05, 0) is 19.3 Å². The van der Waals surface area contributed by atoms with Gasteiger partial charge in [-0.1, -0.05) is 38.0 Å². The van der Waals surface area contributed by atoms with Crippen molar-refractivity contribution in [2.24, 2.45) is 5.92 Å². The highest BCUT2D eigenvalue weighted by Gasteiger charge is 2.18. The zero-order valence-electron chi connectivity index (χ0n) is 13.1. The summed E-state index contributed by atoms with van der Waals surface area (Å²) < 4.78 is 0. The first kappa shape index (κ1) is 16.8. The van der Waals surface area contributed by atoms with E-state index < -0.39 is 0 Å². The van der Waals surface area contributed by atoms with Gasteiger partial charge < -0.3 is 16.0 Å². The molecule has 1 aromatic rings. The Morgan fingerprint density at radius 1 is 1.35 bits per heavy atom. The number of anilines is 2. The molecule has 0 aromatic carbocycles. The number of carbonyl (C=O) groups is 1. The number of nitrogens with zero attached hydrogens (tertiary/aromatic N) is 2. The lowest BCUT2D eigenvalue weighted by atomic mass is 10.0. The molecule has 1 unspecified atom stereocenters. The van der Waals surface area contributed by atoms with Gasteiger partial charge in [-0.2, -0.15) is 0 Å². The number of aromatic nitrogens is 1. The average molecular weight is 298 g/mol. The van der Waals surface area contributed by atoms with Gasteiger partial charge >= 0.3 is 0 Å². The van der Waals surface area contributed by atoms with E-state index in [1.54, 1.807) is 0 Å². The second-order valence-electron chi connectivity index (χ2n) is 5.80. The standard InChI is InChI=1S/C14H26N4OS/c1-9(2)7-6-8-10(3)16-13(19)11-12(15)17-14(20-11)18(4)5/h9-10H,6-8,15H2,1-5H3,(H,16,19). The Bertz CT molecular complexity index is 442. The molecule has 0 saturated carbocycles. The fourth-order valence-electron chi connectivity index (χ4n) is 1.87. The van der Waals surface area contributed by atoms with Crippen LogP contribution in [0.5, 0.6) is 0 Å². The quantitative estimate of drug-likeness (QED) is 0.812. The van der Waals surface area contributed by atoms with E-state index in [0.717, 1.165) is 18.0 Å². The average Bonchev–Trinajstić information content (AvgIpc) is 2.71. The third-order valence-corrected chi connectivity index (χ3v) is 4.26. The zero-order chi connectivity index (χ0) is 15.3. The molecule has 3 N–H and O–H groups in total. The Labute approximate surface area is 125 Å². The molecule has 114 valence electrons. The second-order valence-corrected chi connectivity index (χ2v) is 6.78. The second kappa shape index (κ2) is 7.47. The summed E-state index contributed by atoms with van der Waals surface area (Å²) in [7, 11) is 3.77. The lowest BCUT2D eigenvalue weighted by Crippen LogP contribution is -2.32. The minimum absolute atomic E-state index is 0.120. The molecule has 0 radical (unpaired) electrons. The van der Waals surface area contributed by atoms with Gasteiger partial charge in [-0.15, -0.1) is 0 Å². The van der Waals surface area contributed by atoms with Crippen molar-refractivity contribution in [1.82, 2.24) is 10.3 Å². The van der Waals surface area contributed by atoms with Crippen molar-refractivity contribution in [2.75, 3.05) is 24.7 Å². The van der Waals surface area contributed by atoms with Crippen LogP contribution in [0.2, 0.25) is 0 Å². The number of nitrogen functional groups attached to an aromatic ring is 1. The van der Waals surface area contributed by atoms with Gasteiger partial charge in [0.2, 0.25) is 0 Å². The summed E-state index contributed by atoms with van der Waals surface area (Å²) in [5, 5.41) is 3.75. The first-order chi connectivity index (χ1) is 9.31. The van der Waals surface area contributed by atoms with Crippen LogP contribution < -0.4 is 16.0 Å². The molecule has 1 heterocycles. The summed E-state index contributed by atoms with van der Waals surface area (Å²) in [6.45, 7) is 6.45. The smallest absolute Gasteiger partial charge is 0.265 e. The first-order valence-electron chi connectivity index (χ1n) is 7.05. The molecule has 0 aliphatic rings. The Kier molecular flexibility index (Phi) is 6.26. The Morgan fingerprint density at radius 2 is 2.00 bits per heavy atom. The molecule has 20 heavy (non-hydrogen) atoms. The van der Waals surface area contributed by atoms with Gasteiger partial charge in [0.25, 0.3) is 5.91 Å². The number of hydrogen-bond acceptors (Lipinski definition) is 5. The van der Waals surface area contributed by atoms with Crippen LogP contribution in [-0.2, 0) is 0 Å². The molecule has 0 aliphatic carbocycles. The summed E-state index contributed by atoms with van der Waals surface area (Å²) in [6, 6.07) is 0.158. The van der Waals surface area contributed by atoms with E-state index in [0.29, 0.717) is 16.6 Å². The van der Waals surface area contributed by atoms with Gasteiger partial charge in [0, 0.05) is 20.1 Å². The minimum Gasteiger partial charge on any atom is -0.382 e. The highest BCUT2D eigenvalue weighted by Crippen LogP contribution is 2.26. The van der Waals surface area contributed by atoms with Crippen LogP contribution in [0.25, 0.3) is 0 Å². The van der Waals surface area contributed by atoms with Gasteiger partial charge in [0.05, 0.1) is 0 Å². The number of nitrogens with two attached hydrogens (primary N) is 1. The fraction of sp³-hybridized carbons (Fsp3) is 0.714. The van der Waals surface area contributed by atoms with Crippen molar-refractivity contribution >= 4 is 28.2 Å². The van der Waals surface area contributed by atoms with E-state index >= 15 is 0 Å². The molecule has 1 aromatic heterocycles. The monoisotopic (exact) mass is 298 g/mol. The number of nitrogens with one attached hydrogen (secondary N) is 1. The normalized spacial score (nSPS) is 12.5. The van der Waals surface area contributed by atoms with Crippen molar-refractivity contribution in [3.05, 3.63) is 4.88 Å². The summed E-state index contributed by atoms with van der Waals surface area (Å²) >= 11 is 1.32. The van der Waals surface area contributed by atoms with Crippen molar-refractivity contribution in [3.8, 4) is 0 Å². The van der Waals surface area contributed by atoms with Crippen LogP contribution in [0.3, 0.4) is 0 Å². The van der Waals surface area contributed by atoms with Gasteiger partial charge in [-0.3, -0.25) is 4.79 Å². The Hall–Kier alpha value is -1.30. The topological polar surface area (TPSA) is 71.2 Å². The maximum absolute atomic E-state index is 12.2. The lowest BCUT2D eigenvalue weighted by molar-refractivity contribution is 0.0942. The third-order valence-electron chi connectivity index (χ3n) is 3.03. The van der Waals surface area contributed by atoms with E-state index in [9.17, 15) is 4.79 Å². The molecule has 1 rings (SSSR count). The zero-order valence-corrected chi connectivity index (χ0v) is 13.9. The number of amides is 1. The number of thiazole rings is 1. The van der Waals surface area contributed by atoms with E-state index in [-0.39, 0.29) is 11.9 Å². The molecule has 1 atom stereocenters. The van der Waals surface area contributed by atoms with Gasteiger partial charge in [-0.25, -0.2) is 4.98 Å². The predicted molar refractivity (Wildman–Crippen MR) is 86.5 cm³/mol. The van der Waals surface area contributed by atoms with E-state index in [2.05, 4.69) is 24.1 Å². The highest BCUT2D eigenvalue weighted by molar-refractivity contribution is 7.18. The number of hydrogen-bond donors (Lipinski definition) is 2. The fourth-order valence-corrected chi connectivity index (χ4v) is 2.68. The summed E-state index contributed by atoms with van der Waals surface area (Å²) in [5.41, 5.74) is 5.81. The summed E-state index contributed by atoms with van der Waals surface area (Å²) in [4.78, 5) is 18.7. The van der Waals surface area contributed by atoms with Crippen molar-refractivity contribution < 1.29 is 4.79 Å². The van der Waals surface area contributed by atoms with E-state index in [4.69, 9.17) is 5.73 Å². The summed E-state index contributed by atoms with van der Waals surface area (Å²) in [5.74, 6) is 0.897. The molecule has 6 heteroatoms. The SMILES string of the molecule is CC(C)CCCC(C)NC(=O)c1sc(N(C)C)nc1N. The molecule has 5 nitrogen and oxygen atoms in total. The molecule has 0 bridgehead atoms. The predicted octanol–water partition coefficient (Wildman–Crippen LogP) is 2.74. The van der Waals surface area contributed by atoms with Crippen LogP contribution in [0.15, 0.2) is 0 Å². The molecule has 0 fully saturated rings. The maximum Gasteiger partial charge on any atom is 0.265 e. The van der Waals surface area contributed by atoms with Gasteiger partial charge in [0.15, 0.2) is 5.13 Å². The van der Waals surface area contributed by atoms with Crippen LogP contribution >= 0.6 is 11.3 Å². The largest absolute Gasteiger partial charge is 0.382 e. The molecule has 0 spiro atoms. The van der Waals surface area contributed by atoms with Gasteiger partial charge in [0.1, 0.15) is 10.7 Å². The number of carbonyl (C=O) groups excluding carboxylic acids is 1. The minimum atomic E-state index is -0.120. The molecule has 0 aliphatic heterocycles. The van der Waals surface area contributed by atoms with Crippen molar-refractivity contribution in [3.63, 3.8) is 0 Å². The maximum atomic E-state index is 12.2. The van der Waals surface area contributed by atoms with Crippen LogP contribution in [-0.4, -0.2) is 31.0 Å². The Balaban J connectivity index is 2.53. The van der Waals surface area contributed by atoms with E-state index in [1.165, 1.54) is 17.8 Å². The Morgan fingerprint density at radius 3 is 2.50 bits per heavy atom. The molecular weight excluding hydrogens is 272 g/mol. The van der Waals surface area contributed by atoms with Crippen molar-refractivity contribution in [1.29, 1.82) is 0 Å². The van der Waals surface area contributed by atoms with E-state index in [1.807, 2.05) is 25.9 Å². The van der Waals surface area contributed by atoms with Crippen LogP contribution in [0.4, 0.5) is 10.9 Å². The van der Waals surface area contributed by atoms with Crippen LogP contribution in [0.1, 0.15) is 49.7 Å². The third kappa shape index (κ3) is 5.00. The summed E-state index contributed by atoms with van der Waals surface area (Å²) in [6.07, 6.45) is 3.30. The highest BCUT2D eigenvalue weighted by atomic mass is 32.1. The van der Waals surface area contributed by atoms with Crippen molar-refractivity contribution in [2.45, 2.75) is 46.1 Å². The molecule has 0 saturated heterocycles. The number of rotatable bonds is 7. The molecule has 1 amide bonds. The van der Waals surface area contributed by atoms with Crippen LogP contribution in [0, 0.1) is 5.92 Å².